The van der Waals surface area contributed by atoms with Gasteiger partial charge in [0.15, 0.2) is 0 Å². The second kappa shape index (κ2) is 9.55. The minimum atomic E-state index is -0.239. The van der Waals surface area contributed by atoms with Crippen LogP contribution in [0.2, 0.25) is 0 Å². The number of piperidine rings is 1. The summed E-state index contributed by atoms with van der Waals surface area (Å²) in [6, 6.07) is 9.38. The van der Waals surface area contributed by atoms with Crippen molar-refractivity contribution in [2.75, 3.05) is 26.2 Å². The van der Waals surface area contributed by atoms with Crippen molar-refractivity contribution in [3.05, 3.63) is 59.0 Å². The first kappa shape index (κ1) is 20.1. The fourth-order valence-corrected chi connectivity index (χ4v) is 3.54. The van der Waals surface area contributed by atoms with Gasteiger partial charge in [-0.05, 0) is 75.2 Å². The number of hydrogen-bond acceptors (Lipinski definition) is 4. The van der Waals surface area contributed by atoms with Crippen LogP contribution in [0.3, 0.4) is 0 Å². The van der Waals surface area contributed by atoms with Gasteiger partial charge in [-0.3, -0.25) is 14.5 Å². The number of furan rings is 1. The number of aryl methyl sites for hydroxylation is 2. The molecule has 1 aromatic carbocycles. The third-order valence-electron chi connectivity index (χ3n) is 5.37. The van der Waals surface area contributed by atoms with Gasteiger partial charge in [0.2, 0.25) is 5.91 Å². The van der Waals surface area contributed by atoms with Crippen LogP contribution in [0.25, 0.3) is 0 Å². The predicted octanol–water partition coefficient (Wildman–Crippen LogP) is 2.97. The van der Waals surface area contributed by atoms with Crippen LogP contribution in [0.4, 0.5) is 0 Å². The number of nitrogens with one attached hydrogen (secondary N) is 2. The summed E-state index contributed by atoms with van der Waals surface area (Å²) in [5.74, 6) is 0.420. The average Bonchev–Trinajstić information content (AvgIpc) is 3.23. The Hall–Kier alpha value is -2.60. The van der Waals surface area contributed by atoms with Gasteiger partial charge in [-0.2, -0.15) is 0 Å². The molecule has 2 aromatic rings. The molecule has 6 heteroatoms. The van der Waals surface area contributed by atoms with Crippen LogP contribution in [-0.4, -0.2) is 42.9 Å². The summed E-state index contributed by atoms with van der Waals surface area (Å²) in [5.41, 5.74) is 2.76. The first-order valence-corrected chi connectivity index (χ1v) is 9.94. The molecular formula is C22H29N3O3. The minimum absolute atomic E-state index is 0.0229. The maximum absolute atomic E-state index is 12.3. The van der Waals surface area contributed by atoms with Crippen molar-refractivity contribution >= 4 is 11.8 Å². The second-order valence-electron chi connectivity index (χ2n) is 7.41. The molecule has 2 N–H and O–H groups in total. The Bertz CT molecular complexity index is 795. The Morgan fingerprint density at radius 2 is 1.86 bits per heavy atom. The second-order valence-corrected chi connectivity index (χ2v) is 7.41. The van der Waals surface area contributed by atoms with E-state index in [1.807, 2.05) is 38.1 Å². The molecule has 1 unspecified atom stereocenters. The lowest BCUT2D eigenvalue weighted by Gasteiger charge is -2.33. The number of benzene rings is 1. The number of likely N-dealkylation sites (tertiary alicyclic amines) is 1. The number of amides is 2. The summed E-state index contributed by atoms with van der Waals surface area (Å²) in [7, 11) is 0. The van der Waals surface area contributed by atoms with Crippen LogP contribution in [0.5, 0.6) is 0 Å². The molecule has 0 bridgehead atoms. The summed E-state index contributed by atoms with van der Waals surface area (Å²) in [6.45, 7) is 6.40. The molecule has 150 valence electrons. The minimum Gasteiger partial charge on any atom is -0.468 e. The van der Waals surface area contributed by atoms with Gasteiger partial charge in [-0.1, -0.05) is 12.5 Å². The van der Waals surface area contributed by atoms with Gasteiger partial charge in [0.25, 0.3) is 5.91 Å². The van der Waals surface area contributed by atoms with E-state index in [1.54, 1.807) is 12.3 Å². The van der Waals surface area contributed by atoms with E-state index < -0.39 is 0 Å². The van der Waals surface area contributed by atoms with Crippen molar-refractivity contribution in [1.29, 1.82) is 0 Å². The lowest BCUT2D eigenvalue weighted by Crippen LogP contribution is -2.43. The molecule has 2 heterocycles. The topological polar surface area (TPSA) is 74.6 Å². The maximum Gasteiger partial charge on any atom is 0.251 e. The zero-order chi connectivity index (χ0) is 19.9. The highest BCUT2D eigenvalue weighted by Crippen LogP contribution is 2.24. The summed E-state index contributed by atoms with van der Waals surface area (Å²) < 4.78 is 5.60. The van der Waals surface area contributed by atoms with E-state index in [0.29, 0.717) is 12.1 Å². The smallest absolute Gasteiger partial charge is 0.251 e. The van der Waals surface area contributed by atoms with E-state index in [0.717, 1.165) is 42.8 Å². The van der Waals surface area contributed by atoms with Gasteiger partial charge < -0.3 is 15.1 Å². The molecule has 1 fully saturated rings. The molecule has 1 atom stereocenters. The van der Waals surface area contributed by atoms with Crippen molar-refractivity contribution in [3.8, 4) is 0 Å². The highest BCUT2D eigenvalue weighted by molar-refractivity contribution is 5.96. The molecular weight excluding hydrogens is 354 g/mol. The summed E-state index contributed by atoms with van der Waals surface area (Å²) in [4.78, 5) is 26.9. The molecule has 1 aromatic heterocycles. The lowest BCUT2D eigenvalue weighted by molar-refractivity contribution is -0.120. The number of nitrogens with zero attached hydrogens (tertiary/aromatic N) is 1. The highest BCUT2D eigenvalue weighted by atomic mass is 16.3. The van der Waals surface area contributed by atoms with E-state index in [1.165, 1.54) is 6.42 Å². The van der Waals surface area contributed by atoms with Crippen LogP contribution in [0.1, 0.15) is 52.5 Å². The Morgan fingerprint density at radius 3 is 2.54 bits per heavy atom. The standard InChI is InChI=1S/C22H29N3O3/c1-16-8-9-18(13-17(16)2)22(27)24-15-21(26)23-14-19(20-7-6-12-28-20)25-10-4-3-5-11-25/h6-9,12-13,19H,3-5,10-11,14-15H2,1-2H3,(H,23,26)(H,24,27). The monoisotopic (exact) mass is 383 g/mol. The Morgan fingerprint density at radius 1 is 1.07 bits per heavy atom. The van der Waals surface area contributed by atoms with Crippen LogP contribution in [-0.2, 0) is 4.79 Å². The van der Waals surface area contributed by atoms with Gasteiger partial charge in [-0.25, -0.2) is 0 Å². The molecule has 2 amide bonds. The lowest BCUT2D eigenvalue weighted by atomic mass is 10.1. The van der Waals surface area contributed by atoms with Crippen molar-refractivity contribution < 1.29 is 14.0 Å². The zero-order valence-electron chi connectivity index (χ0n) is 16.7. The van der Waals surface area contributed by atoms with Crippen LogP contribution in [0, 0.1) is 13.8 Å². The van der Waals surface area contributed by atoms with Crippen LogP contribution < -0.4 is 10.6 Å². The van der Waals surface area contributed by atoms with Gasteiger partial charge in [-0.15, -0.1) is 0 Å². The van der Waals surface area contributed by atoms with Crippen LogP contribution >= 0.6 is 0 Å². The molecule has 1 saturated heterocycles. The SMILES string of the molecule is Cc1ccc(C(=O)NCC(=O)NCC(c2ccco2)N2CCCCC2)cc1C. The molecule has 6 nitrogen and oxygen atoms in total. The van der Waals surface area contributed by atoms with E-state index >= 15 is 0 Å². The fraction of sp³-hybridized carbons (Fsp3) is 0.455. The van der Waals surface area contributed by atoms with Gasteiger partial charge >= 0.3 is 0 Å². The molecule has 3 rings (SSSR count). The fourth-order valence-electron chi connectivity index (χ4n) is 3.54. The van der Waals surface area contributed by atoms with E-state index in [4.69, 9.17) is 4.42 Å². The van der Waals surface area contributed by atoms with Gasteiger partial charge in [0.05, 0.1) is 18.8 Å². The highest BCUT2D eigenvalue weighted by Gasteiger charge is 2.24. The van der Waals surface area contributed by atoms with Crippen molar-refractivity contribution in [1.82, 2.24) is 15.5 Å². The third-order valence-corrected chi connectivity index (χ3v) is 5.37. The summed E-state index contributed by atoms with van der Waals surface area (Å²) in [6.07, 6.45) is 5.24. The first-order chi connectivity index (χ1) is 13.5. The number of carbonyl (C=O) groups excluding carboxylic acids is 2. The molecule has 28 heavy (non-hydrogen) atoms. The Kier molecular flexibility index (Phi) is 6.87. The number of carbonyl (C=O) groups is 2. The molecule has 0 spiro atoms. The maximum atomic E-state index is 12.3. The number of rotatable bonds is 7. The number of hydrogen-bond donors (Lipinski definition) is 2. The molecule has 0 saturated carbocycles. The summed E-state index contributed by atoms with van der Waals surface area (Å²) in [5, 5.41) is 5.64. The molecule has 0 radical (unpaired) electrons. The quantitative estimate of drug-likeness (QED) is 0.771. The normalized spacial score (nSPS) is 15.8. The summed E-state index contributed by atoms with van der Waals surface area (Å²) >= 11 is 0. The average molecular weight is 383 g/mol. The van der Waals surface area contributed by atoms with E-state index in [2.05, 4.69) is 15.5 Å². The van der Waals surface area contributed by atoms with Crippen LogP contribution in [0.15, 0.2) is 41.0 Å². The van der Waals surface area contributed by atoms with E-state index in [-0.39, 0.29) is 24.4 Å². The van der Waals surface area contributed by atoms with Crippen molar-refractivity contribution in [3.63, 3.8) is 0 Å². The van der Waals surface area contributed by atoms with Gasteiger partial charge in [0.1, 0.15) is 5.76 Å². The predicted molar refractivity (Wildman–Crippen MR) is 108 cm³/mol. The van der Waals surface area contributed by atoms with Crippen molar-refractivity contribution in [2.45, 2.75) is 39.2 Å². The Labute approximate surface area is 166 Å². The molecule has 1 aliphatic heterocycles. The molecule has 1 aliphatic rings. The van der Waals surface area contributed by atoms with Gasteiger partial charge in [0, 0.05) is 12.1 Å². The third kappa shape index (κ3) is 5.23. The van der Waals surface area contributed by atoms with E-state index in [9.17, 15) is 9.59 Å². The molecule has 0 aliphatic carbocycles. The Balaban J connectivity index is 1.51. The zero-order valence-corrected chi connectivity index (χ0v) is 16.7. The first-order valence-electron chi connectivity index (χ1n) is 9.94. The van der Waals surface area contributed by atoms with Crippen molar-refractivity contribution in [2.24, 2.45) is 0 Å². The largest absolute Gasteiger partial charge is 0.468 e.